The maximum Gasteiger partial charge on any atom is 0.236 e. The molecule has 1 aliphatic heterocycles. The molecule has 0 fully saturated rings. The maximum atomic E-state index is 12.0. The van der Waals surface area contributed by atoms with E-state index in [0.29, 0.717) is 0 Å². The fourth-order valence-electron chi connectivity index (χ4n) is 2.16. The first-order chi connectivity index (χ1) is 7.56. The number of alkyl halides is 1. The van der Waals surface area contributed by atoms with E-state index in [1.165, 1.54) is 4.31 Å². The molecule has 5 heteroatoms. The predicted octanol–water partition coefficient (Wildman–Crippen LogP) is 2.01. The molecule has 1 unspecified atom stereocenters. The van der Waals surface area contributed by atoms with Gasteiger partial charge in [0.15, 0.2) is 0 Å². The van der Waals surface area contributed by atoms with Crippen molar-refractivity contribution < 1.29 is 8.42 Å². The zero-order valence-corrected chi connectivity index (χ0v) is 10.6. The molecule has 1 heterocycles. The van der Waals surface area contributed by atoms with Crippen LogP contribution in [0.1, 0.15) is 12.5 Å². The van der Waals surface area contributed by atoms with Crippen LogP contribution in [-0.2, 0) is 16.4 Å². The van der Waals surface area contributed by atoms with Gasteiger partial charge in [-0.25, -0.2) is 8.42 Å². The summed E-state index contributed by atoms with van der Waals surface area (Å²) >= 11 is 5.53. The van der Waals surface area contributed by atoms with E-state index in [1.807, 2.05) is 31.2 Å². The van der Waals surface area contributed by atoms with Gasteiger partial charge in [0.2, 0.25) is 10.0 Å². The molecule has 0 saturated carbocycles. The second-order valence-electron chi connectivity index (χ2n) is 3.98. The van der Waals surface area contributed by atoms with Crippen molar-refractivity contribution in [1.29, 1.82) is 0 Å². The van der Waals surface area contributed by atoms with Crippen molar-refractivity contribution in [3.63, 3.8) is 0 Å². The van der Waals surface area contributed by atoms with Crippen LogP contribution in [0.15, 0.2) is 24.3 Å². The molecule has 0 amide bonds. The Morgan fingerprint density at radius 2 is 2.12 bits per heavy atom. The number of sulfonamides is 1. The number of benzene rings is 1. The van der Waals surface area contributed by atoms with E-state index in [2.05, 4.69) is 0 Å². The molecule has 3 nitrogen and oxygen atoms in total. The van der Waals surface area contributed by atoms with Gasteiger partial charge in [-0.05, 0) is 25.0 Å². The smallest absolute Gasteiger partial charge is 0.236 e. The number of para-hydroxylation sites is 1. The lowest BCUT2D eigenvalue weighted by atomic mass is 10.1. The van der Waals surface area contributed by atoms with Crippen LogP contribution in [0, 0.1) is 0 Å². The molecular weight excluding hydrogens is 246 g/mol. The Balaban J connectivity index is 2.43. The van der Waals surface area contributed by atoms with E-state index in [9.17, 15) is 8.42 Å². The van der Waals surface area contributed by atoms with Gasteiger partial charge in [0.1, 0.15) is 0 Å². The van der Waals surface area contributed by atoms with E-state index in [1.54, 1.807) is 0 Å². The van der Waals surface area contributed by atoms with Crippen LogP contribution in [0.3, 0.4) is 0 Å². The predicted molar refractivity (Wildman–Crippen MR) is 66.6 cm³/mol. The first-order valence-electron chi connectivity index (χ1n) is 5.22. The van der Waals surface area contributed by atoms with Crippen LogP contribution >= 0.6 is 11.6 Å². The first kappa shape index (κ1) is 11.7. The molecule has 1 aromatic carbocycles. The molecule has 0 aromatic heterocycles. The molecule has 1 aliphatic rings. The minimum atomic E-state index is -3.27. The Labute approximate surface area is 101 Å². The van der Waals surface area contributed by atoms with Gasteiger partial charge in [-0.2, -0.15) is 0 Å². The topological polar surface area (TPSA) is 37.4 Å². The quantitative estimate of drug-likeness (QED) is 0.779. The lowest BCUT2D eigenvalue weighted by Crippen LogP contribution is -2.37. The molecule has 0 spiro atoms. The summed E-state index contributed by atoms with van der Waals surface area (Å²) in [5.41, 5.74) is 1.90. The highest BCUT2D eigenvalue weighted by atomic mass is 35.5. The molecule has 2 rings (SSSR count). The summed E-state index contributed by atoms with van der Waals surface area (Å²) in [6, 6.07) is 7.61. The zero-order chi connectivity index (χ0) is 11.8. The van der Waals surface area contributed by atoms with E-state index in [-0.39, 0.29) is 17.7 Å². The van der Waals surface area contributed by atoms with Gasteiger partial charge in [-0.1, -0.05) is 18.2 Å². The third-order valence-corrected chi connectivity index (χ3v) is 5.07. The molecule has 0 radical (unpaired) electrons. The Morgan fingerprint density at radius 3 is 2.81 bits per heavy atom. The van der Waals surface area contributed by atoms with E-state index >= 15 is 0 Å². The van der Waals surface area contributed by atoms with Gasteiger partial charge >= 0.3 is 0 Å². The van der Waals surface area contributed by atoms with Crippen LogP contribution in [0.4, 0.5) is 5.69 Å². The van der Waals surface area contributed by atoms with Crippen molar-refractivity contribution >= 4 is 27.3 Å². The Hall–Kier alpha value is -0.740. The second-order valence-corrected chi connectivity index (χ2v) is 6.33. The van der Waals surface area contributed by atoms with Gasteiger partial charge in [0, 0.05) is 11.9 Å². The number of rotatable bonds is 3. The average molecular weight is 260 g/mol. The Morgan fingerprint density at radius 1 is 1.44 bits per heavy atom. The number of hydrogen-bond acceptors (Lipinski definition) is 2. The van der Waals surface area contributed by atoms with Crippen molar-refractivity contribution in [1.82, 2.24) is 0 Å². The van der Waals surface area contributed by atoms with Crippen molar-refractivity contribution in [2.24, 2.45) is 0 Å². The Bertz CT molecular complexity index is 487. The summed E-state index contributed by atoms with van der Waals surface area (Å²) in [5.74, 6) is 0.126. The summed E-state index contributed by atoms with van der Waals surface area (Å²) in [4.78, 5) is 0. The molecule has 0 aliphatic carbocycles. The monoisotopic (exact) mass is 259 g/mol. The highest BCUT2D eigenvalue weighted by Crippen LogP contribution is 2.34. The molecule has 1 aromatic rings. The van der Waals surface area contributed by atoms with Gasteiger partial charge in [-0.3, -0.25) is 4.31 Å². The SMILES string of the molecule is CC1Cc2ccccc2N1S(=O)(=O)CCCl. The highest BCUT2D eigenvalue weighted by molar-refractivity contribution is 7.92. The summed E-state index contributed by atoms with van der Waals surface area (Å²) in [6.45, 7) is 1.92. The van der Waals surface area contributed by atoms with Crippen molar-refractivity contribution in [3.05, 3.63) is 29.8 Å². The number of nitrogens with zero attached hydrogens (tertiary/aromatic N) is 1. The number of fused-ring (bicyclic) bond motifs is 1. The summed E-state index contributed by atoms with van der Waals surface area (Å²) in [7, 11) is -3.27. The Kier molecular flexibility index (Phi) is 3.13. The molecule has 1 atom stereocenters. The molecule has 0 N–H and O–H groups in total. The standard InChI is InChI=1S/C11H14ClNO2S/c1-9-8-10-4-2-3-5-11(10)13(9)16(14,15)7-6-12/h2-5,9H,6-8H2,1H3. The average Bonchev–Trinajstić information content (AvgIpc) is 2.53. The normalized spacial score (nSPS) is 19.9. The molecule has 16 heavy (non-hydrogen) atoms. The molecule has 0 saturated heterocycles. The van der Waals surface area contributed by atoms with Gasteiger partial charge in [0.05, 0.1) is 11.4 Å². The maximum absolute atomic E-state index is 12.0. The third kappa shape index (κ3) is 1.92. The summed E-state index contributed by atoms with van der Waals surface area (Å²) < 4.78 is 25.6. The molecule has 0 bridgehead atoms. The van der Waals surface area contributed by atoms with E-state index < -0.39 is 10.0 Å². The van der Waals surface area contributed by atoms with Gasteiger partial charge in [-0.15, -0.1) is 11.6 Å². The number of halogens is 1. The van der Waals surface area contributed by atoms with Crippen LogP contribution in [0.2, 0.25) is 0 Å². The van der Waals surface area contributed by atoms with Crippen molar-refractivity contribution in [2.45, 2.75) is 19.4 Å². The van der Waals surface area contributed by atoms with Crippen molar-refractivity contribution in [2.75, 3.05) is 15.9 Å². The summed E-state index contributed by atoms with van der Waals surface area (Å²) in [5, 5.41) is 0. The van der Waals surface area contributed by atoms with Crippen LogP contribution in [0.25, 0.3) is 0 Å². The third-order valence-electron chi connectivity index (χ3n) is 2.78. The number of hydrogen-bond donors (Lipinski definition) is 0. The van der Waals surface area contributed by atoms with Crippen LogP contribution < -0.4 is 4.31 Å². The molecular formula is C11H14ClNO2S. The second kappa shape index (κ2) is 4.26. The zero-order valence-electron chi connectivity index (χ0n) is 9.06. The lowest BCUT2D eigenvalue weighted by Gasteiger charge is -2.23. The van der Waals surface area contributed by atoms with Crippen LogP contribution in [0.5, 0.6) is 0 Å². The fourth-order valence-corrected chi connectivity index (χ4v) is 4.23. The molecule has 88 valence electrons. The van der Waals surface area contributed by atoms with Gasteiger partial charge < -0.3 is 0 Å². The van der Waals surface area contributed by atoms with Crippen LogP contribution in [-0.4, -0.2) is 26.1 Å². The minimum Gasteiger partial charge on any atom is -0.267 e. The summed E-state index contributed by atoms with van der Waals surface area (Å²) in [6.07, 6.45) is 0.775. The minimum absolute atomic E-state index is 0.00672. The number of anilines is 1. The van der Waals surface area contributed by atoms with E-state index in [4.69, 9.17) is 11.6 Å². The lowest BCUT2D eigenvalue weighted by molar-refractivity contribution is 0.585. The first-order valence-corrected chi connectivity index (χ1v) is 7.36. The largest absolute Gasteiger partial charge is 0.267 e. The van der Waals surface area contributed by atoms with Crippen molar-refractivity contribution in [3.8, 4) is 0 Å². The highest BCUT2D eigenvalue weighted by Gasteiger charge is 2.33. The van der Waals surface area contributed by atoms with Gasteiger partial charge in [0.25, 0.3) is 0 Å². The fraction of sp³-hybridized carbons (Fsp3) is 0.455. The van der Waals surface area contributed by atoms with E-state index in [0.717, 1.165) is 17.7 Å².